The Labute approximate surface area is 131 Å². The molecule has 2 aromatic carbocycles. The minimum Gasteiger partial charge on any atom is -0.465 e. The van der Waals surface area contributed by atoms with E-state index in [1.54, 1.807) is 18.2 Å². The monoisotopic (exact) mass is 316 g/mol. The van der Waals surface area contributed by atoms with E-state index in [2.05, 4.69) is 10.6 Å². The van der Waals surface area contributed by atoms with Gasteiger partial charge in [0, 0.05) is 11.1 Å². The fourth-order valence-corrected chi connectivity index (χ4v) is 2.38. The number of carbonyl (C=O) groups is 1. The molecule has 112 valence electrons. The van der Waals surface area contributed by atoms with Crippen LogP contribution in [0.15, 0.2) is 52.9 Å². The van der Waals surface area contributed by atoms with Gasteiger partial charge in [-0.2, -0.15) is 0 Å². The first-order valence-corrected chi connectivity index (χ1v) is 7.00. The lowest BCUT2D eigenvalue weighted by Crippen LogP contribution is -2.07. The van der Waals surface area contributed by atoms with Crippen LogP contribution in [-0.4, -0.2) is 11.2 Å². The second kappa shape index (κ2) is 5.99. The first-order valence-electron chi connectivity index (χ1n) is 6.62. The van der Waals surface area contributed by atoms with Crippen molar-refractivity contribution < 1.29 is 14.3 Å². The molecule has 0 aliphatic heterocycles. The number of carboxylic acid groups (broad SMARTS) is 1. The summed E-state index contributed by atoms with van der Waals surface area (Å²) in [6.45, 7) is 0.511. The third-order valence-electron chi connectivity index (χ3n) is 3.15. The van der Waals surface area contributed by atoms with Gasteiger partial charge in [-0.1, -0.05) is 29.8 Å². The number of anilines is 2. The number of benzene rings is 2. The lowest BCUT2D eigenvalue weighted by Gasteiger charge is -2.08. The summed E-state index contributed by atoms with van der Waals surface area (Å²) in [6, 6.07) is 14.8. The van der Waals surface area contributed by atoms with E-state index in [9.17, 15) is 4.79 Å². The van der Waals surface area contributed by atoms with Crippen LogP contribution in [0.3, 0.4) is 0 Å². The van der Waals surface area contributed by atoms with Crippen LogP contribution in [0.2, 0.25) is 5.02 Å². The van der Waals surface area contributed by atoms with Crippen molar-refractivity contribution in [3.8, 4) is 0 Å². The van der Waals surface area contributed by atoms with Crippen molar-refractivity contribution in [1.29, 1.82) is 0 Å². The van der Waals surface area contributed by atoms with Crippen molar-refractivity contribution >= 4 is 40.0 Å². The van der Waals surface area contributed by atoms with E-state index < -0.39 is 6.09 Å². The Hall–Kier alpha value is -2.66. The molecule has 0 saturated heterocycles. The molecule has 22 heavy (non-hydrogen) atoms. The van der Waals surface area contributed by atoms with Crippen LogP contribution in [0, 0.1) is 0 Å². The summed E-state index contributed by atoms with van der Waals surface area (Å²) in [5.74, 6) is 0.810. The molecule has 5 nitrogen and oxygen atoms in total. The summed E-state index contributed by atoms with van der Waals surface area (Å²) in [6.07, 6.45) is -1.15. The molecule has 0 radical (unpaired) electrons. The van der Waals surface area contributed by atoms with E-state index in [-0.39, 0.29) is 0 Å². The lowest BCUT2D eigenvalue weighted by molar-refractivity contribution is 0.210. The number of nitrogens with one attached hydrogen (secondary N) is 2. The summed E-state index contributed by atoms with van der Waals surface area (Å²) >= 11 is 6.03. The molecule has 3 rings (SSSR count). The van der Waals surface area contributed by atoms with E-state index in [4.69, 9.17) is 21.1 Å². The van der Waals surface area contributed by atoms with Gasteiger partial charge in [-0.3, -0.25) is 5.32 Å². The quantitative estimate of drug-likeness (QED) is 0.647. The van der Waals surface area contributed by atoms with Gasteiger partial charge < -0.3 is 14.8 Å². The van der Waals surface area contributed by atoms with Crippen LogP contribution >= 0.6 is 11.6 Å². The van der Waals surface area contributed by atoms with E-state index in [0.29, 0.717) is 17.3 Å². The minimum atomic E-state index is -1.15. The smallest absolute Gasteiger partial charge is 0.409 e. The van der Waals surface area contributed by atoms with Crippen molar-refractivity contribution in [3.63, 3.8) is 0 Å². The molecule has 0 saturated carbocycles. The second-order valence-electron chi connectivity index (χ2n) is 4.73. The highest BCUT2D eigenvalue weighted by molar-refractivity contribution is 6.33. The van der Waals surface area contributed by atoms with Crippen molar-refractivity contribution in [3.05, 3.63) is 59.3 Å². The Morgan fingerprint density at radius 1 is 1.18 bits per heavy atom. The molecule has 6 heteroatoms. The number of para-hydroxylation sites is 1. The Balaban J connectivity index is 1.70. The van der Waals surface area contributed by atoms with E-state index in [0.717, 1.165) is 22.4 Å². The summed E-state index contributed by atoms with van der Waals surface area (Å²) in [5, 5.41) is 15.5. The first kappa shape index (κ1) is 14.3. The molecule has 3 aromatic rings. The molecule has 0 bridgehead atoms. The summed E-state index contributed by atoms with van der Waals surface area (Å²) in [7, 11) is 0. The minimum absolute atomic E-state index is 0.331. The lowest BCUT2D eigenvalue weighted by atomic mass is 10.2. The van der Waals surface area contributed by atoms with Crippen LogP contribution in [0.1, 0.15) is 5.76 Å². The number of halogens is 1. The molecule has 0 spiro atoms. The maximum Gasteiger partial charge on any atom is 0.409 e. The standard InChI is InChI=1S/C16H13ClN2O3/c17-13-8-11(5-6-14(13)19-16(20)21)18-9-12-7-10-3-1-2-4-15(10)22-12/h1-8,18-19H,9H2,(H,20,21). The van der Waals surface area contributed by atoms with Gasteiger partial charge in [0.25, 0.3) is 0 Å². The number of amides is 1. The van der Waals surface area contributed by atoms with E-state index in [1.807, 2.05) is 30.3 Å². The fourth-order valence-electron chi connectivity index (χ4n) is 2.15. The van der Waals surface area contributed by atoms with Crippen LogP contribution in [0.4, 0.5) is 16.2 Å². The average Bonchev–Trinajstić information content (AvgIpc) is 2.90. The zero-order chi connectivity index (χ0) is 15.5. The van der Waals surface area contributed by atoms with Gasteiger partial charge in [0.1, 0.15) is 11.3 Å². The topological polar surface area (TPSA) is 74.5 Å². The van der Waals surface area contributed by atoms with E-state index >= 15 is 0 Å². The average molecular weight is 317 g/mol. The van der Waals surface area contributed by atoms with Crippen LogP contribution in [0.25, 0.3) is 11.0 Å². The van der Waals surface area contributed by atoms with Gasteiger partial charge in [0.05, 0.1) is 17.3 Å². The molecule has 0 atom stereocenters. The van der Waals surface area contributed by atoms with Gasteiger partial charge in [-0.25, -0.2) is 4.79 Å². The van der Waals surface area contributed by atoms with Gasteiger partial charge >= 0.3 is 6.09 Å². The fraction of sp³-hybridized carbons (Fsp3) is 0.0625. The molecule has 0 unspecified atom stereocenters. The zero-order valence-corrected chi connectivity index (χ0v) is 12.2. The predicted molar refractivity (Wildman–Crippen MR) is 86.6 cm³/mol. The summed E-state index contributed by atoms with van der Waals surface area (Å²) in [5.41, 5.74) is 1.98. The highest BCUT2D eigenvalue weighted by Gasteiger charge is 2.06. The Morgan fingerprint density at radius 2 is 2.00 bits per heavy atom. The second-order valence-corrected chi connectivity index (χ2v) is 5.14. The summed E-state index contributed by atoms with van der Waals surface area (Å²) < 4.78 is 5.71. The third kappa shape index (κ3) is 3.15. The number of rotatable bonds is 4. The number of furan rings is 1. The van der Waals surface area contributed by atoms with Gasteiger partial charge in [-0.15, -0.1) is 0 Å². The molecule has 0 aliphatic rings. The Kier molecular flexibility index (Phi) is 3.89. The van der Waals surface area contributed by atoms with E-state index in [1.165, 1.54) is 0 Å². The van der Waals surface area contributed by atoms with Crippen molar-refractivity contribution in [2.24, 2.45) is 0 Å². The SMILES string of the molecule is O=C(O)Nc1ccc(NCc2cc3ccccc3o2)cc1Cl. The maximum absolute atomic E-state index is 10.6. The summed E-state index contributed by atoms with van der Waals surface area (Å²) in [4.78, 5) is 10.6. The van der Waals surface area contributed by atoms with Crippen molar-refractivity contribution in [1.82, 2.24) is 0 Å². The maximum atomic E-state index is 10.6. The number of hydrogen-bond acceptors (Lipinski definition) is 3. The van der Waals surface area contributed by atoms with Gasteiger partial charge in [0.15, 0.2) is 0 Å². The van der Waals surface area contributed by atoms with Gasteiger partial charge in [0.2, 0.25) is 0 Å². The van der Waals surface area contributed by atoms with Crippen molar-refractivity contribution in [2.75, 3.05) is 10.6 Å². The van der Waals surface area contributed by atoms with Crippen LogP contribution < -0.4 is 10.6 Å². The highest BCUT2D eigenvalue weighted by Crippen LogP contribution is 2.26. The Bertz CT molecular complexity index is 796. The van der Waals surface area contributed by atoms with Crippen LogP contribution in [0.5, 0.6) is 0 Å². The molecular formula is C16H13ClN2O3. The van der Waals surface area contributed by atoms with Crippen LogP contribution in [-0.2, 0) is 6.54 Å². The molecular weight excluding hydrogens is 304 g/mol. The predicted octanol–water partition coefficient (Wildman–Crippen LogP) is 4.79. The molecule has 3 N–H and O–H groups in total. The molecule has 1 aromatic heterocycles. The number of fused-ring (bicyclic) bond motifs is 1. The van der Waals surface area contributed by atoms with Crippen molar-refractivity contribution in [2.45, 2.75) is 6.54 Å². The third-order valence-corrected chi connectivity index (χ3v) is 3.47. The molecule has 1 heterocycles. The molecule has 0 aliphatic carbocycles. The van der Waals surface area contributed by atoms with Gasteiger partial charge in [-0.05, 0) is 30.3 Å². The number of hydrogen-bond donors (Lipinski definition) is 3. The largest absolute Gasteiger partial charge is 0.465 e. The zero-order valence-electron chi connectivity index (χ0n) is 11.5. The molecule has 1 amide bonds. The Morgan fingerprint density at radius 3 is 2.73 bits per heavy atom. The molecule has 0 fully saturated rings. The highest BCUT2D eigenvalue weighted by atomic mass is 35.5. The first-order chi connectivity index (χ1) is 10.6. The normalized spacial score (nSPS) is 10.6.